The minimum atomic E-state index is -1.04. The third kappa shape index (κ3) is 4.51. The number of hydrogen-bond donors (Lipinski definition) is 1. The lowest BCUT2D eigenvalue weighted by Crippen LogP contribution is -2.45. The number of ether oxygens (including phenoxy) is 1. The molecule has 1 N–H and O–H groups in total. The highest BCUT2D eigenvalue weighted by atomic mass is 32.2. The zero-order valence-electron chi connectivity index (χ0n) is 15.3. The van der Waals surface area contributed by atoms with E-state index in [1.54, 1.807) is 30.5 Å². The summed E-state index contributed by atoms with van der Waals surface area (Å²) < 4.78 is 17.2. The van der Waals surface area contributed by atoms with Crippen LogP contribution in [0.3, 0.4) is 0 Å². The predicted molar refractivity (Wildman–Crippen MR) is 105 cm³/mol. The van der Waals surface area contributed by atoms with Gasteiger partial charge in [0.05, 0.1) is 12.2 Å². The van der Waals surface area contributed by atoms with Gasteiger partial charge in [-0.25, -0.2) is 0 Å². The number of nitrogens with zero attached hydrogens (tertiary/aromatic N) is 1. The summed E-state index contributed by atoms with van der Waals surface area (Å²) in [7, 11) is -1.04. The van der Waals surface area contributed by atoms with E-state index >= 15 is 0 Å². The quantitative estimate of drug-likeness (QED) is 0.895. The van der Waals surface area contributed by atoms with Crippen molar-refractivity contribution in [2.24, 2.45) is 0 Å². The molecule has 6 heteroatoms. The summed E-state index contributed by atoms with van der Waals surface area (Å²) in [5.41, 5.74) is 2.41. The lowest BCUT2D eigenvalue weighted by atomic mass is 10.1. The summed E-state index contributed by atoms with van der Waals surface area (Å²) in [6, 6.07) is 14.7. The molecule has 0 radical (unpaired) electrons. The Bertz CT molecular complexity index is 780. The number of nitrogens with one attached hydrogen (secondary N) is 1. The Kier molecular flexibility index (Phi) is 5.74. The van der Waals surface area contributed by atoms with Crippen molar-refractivity contribution in [2.45, 2.75) is 31.0 Å². The maximum absolute atomic E-state index is 12.4. The first-order valence-corrected chi connectivity index (χ1v) is 10.2. The van der Waals surface area contributed by atoms with Crippen LogP contribution in [0.5, 0.6) is 0 Å². The Hall–Kier alpha value is -2.18. The third-order valence-corrected chi connectivity index (χ3v) is 5.29. The molecule has 1 saturated heterocycles. The molecule has 138 valence electrons. The third-order valence-electron chi connectivity index (χ3n) is 4.36. The molecule has 2 aromatic rings. The molecule has 26 heavy (non-hydrogen) atoms. The molecule has 5 nitrogen and oxygen atoms in total. The number of carbonyl (C=O) groups excluding carboxylic acids is 1. The first-order valence-electron chi connectivity index (χ1n) is 8.67. The van der Waals surface area contributed by atoms with Gasteiger partial charge in [0, 0.05) is 52.0 Å². The fraction of sp³-hybridized carbons (Fsp3) is 0.350. The van der Waals surface area contributed by atoms with Crippen molar-refractivity contribution in [2.75, 3.05) is 29.6 Å². The molecule has 1 amide bonds. The molecule has 0 aromatic heterocycles. The van der Waals surface area contributed by atoms with Crippen LogP contribution >= 0.6 is 0 Å². The molecule has 1 fully saturated rings. The van der Waals surface area contributed by atoms with Crippen LogP contribution in [-0.2, 0) is 15.5 Å². The Labute approximate surface area is 156 Å². The monoisotopic (exact) mass is 372 g/mol. The van der Waals surface area contributed by atoms with Crippen LogP contribution in [-0.4, -0.2) is 41.7 Å². The summed E-state index contributed by atoms with van der Waals surface area (Å²) in [4.78, 5) is 15.4. The minimum absolute atomic E-state index is 0.181. The molecule has 1 aliphatic rings. The number of amides is 1. The molecule has 3 rings (SSSR count). The van der Waals surface area contributed by atoms with E-state index in [-0.39, 0.29) is 18.1 Å². The van der Waals surface area contributed by atoms with Crippen molar-refractivity contribution in [1.29, 1.82) is 0 Å². The van der Waals surface area contributed by atoms with Gasteiger partial charge in [0.15, 0.2) is 0 Å². The fourth-order valence-electron chi connectivity index (χ4n) is 3.15. The second kappa shape index (κ2) is 8.01. The van der Waals surface area contributed by atoms with E-state index < -0.39 is 10.8 Å². The van der Waals surface area contributed by atoms with Crippen LogP contribution in [0.1, 0.15) is 24.2 Å². The first-order chi connectivity index (χ1) is 12.4. The first kappa shape index (κ1) is 18.6. The molecule has 1 heterocycles. The summed E-state index contributed by atoms with van der Waals surface area (Å²) in [5.74, 6) is -0.181. The van der Waals surface area contributed by atoms with Crippen LogP contribution < -0.4 is 10.2 Å². The van der Waals surface area contributed by atoms with Gasteiger partial charge in [0.2, 0.25) is 0 Å². The van der Waals surface area contributed by atoms with E-state index in [0.717, 1.165) is 24.5 Å². The van der Waals surface area contributed by atoms with Crippen molar-refractivity contribution in [3.05, 3.63) is 54.1 Å². The standard InChI is InChI=1S/C20H24N2O3S/c1-14-12-22(13-15(2)25-14)18-8-6-17(7-9-18)21-20(23)16-4-10-19(11-5-16)26(3)24/h4-11,14-15H,12-13H2,1-3H3,(H,21,23). The topological polar surface area (TPSA) is 58.6 Å². The maximum atomic E-state index is 12.4. The van der Waals surface area contributed by atoms with Crippen molar-refractivity contribution in [3.63, 3.8) is 0 Å². The normalized spacial score (nSPS) is 21.3. The van der Waals surface area contributed by atoms with Gasteiger partial charge >= 0.3 is 0 Å². The molecule has 0 bridgehead atoms. The van der Waals surface area contributed by atoms with Gasteiger partial charge < -0.3 is 15.0 Å². The van der Waals surface area contributed by atoms with Gasteiger partial charge in [0.1, 0.15) is 0 Å². The molecule has 2 aromatic carbocycles. The zero-order valence-corrected chi connectivity index (χ0v) is 16.1. The smallest absolute Gasteiger partial charge is 0.255 e. The van der Waals surface area contributed by atoms with E-state index in [1.807, 2.05) is 24.3 Å². The van der Waals surface area contributed by atoms with Crippen LogP contribution in [0.2, 0.25) is 0 Å². The number of carbonyl (C=O) groups is 1. The average molecular weight is 372 g/mol. The Morgan fingerprint density at radius 1 is 1.04 bits per heavy atom. The number of anilines is 2. The second-order valence-electron chi connectivity index (χ2n) is 6.64. The number of benzene rings is 2. The fourth-order valence-corrected chi connectivity index (χ4v) is 3.66. The Balaban J connectivity index is 1.65. The molecule has 0 aliphatic carbocycles. The largest absolute Gasteiger partial charge is 0.372 e. The number of rotatable bonds is 4. The van der Waals surface area contributed by atoms with Crippen molar-refractivity contribution >= 4 is 28.1 Å². The van der Waals surface area contributed by atoms with Crippen molar-refractivity contribution in [1.82, 2.24) is 0 Å². The van der Waals surface area contributed by atoms with E-state index in [1.165, 1.54) is 0 Å². The summed E-state index contributed by atoms with van der Waals surface area (Å²) >= 11 is 0. The van der Waals surface area contributed by atoms with Gasteiger partial charge in [-0.2, -0.15) is 0 Å². The minimum Gasteiger partial charge on any atom is -0.372 e. The van der Waals surface area contributed by atoms with E-state index in [4.69, 9.17) is 4.74 Å². The summed E-state index contributed by atoms with van der Waals surface area (Å²) in [5, 5.41) is 2.90. The number of hydrogen-bond acceptors (Lipinski definition) is 4. The second-order valence-corrected chi connectivity index (χ2v) is 8.02. The summed E-state index contributed by atoms with van der Waals surface area (Å²) in [6.07, 6.45) is 2.03. The Morgan fingerprint density at radius 2 is 1.62 bits per heavy atom. The molecule has 3 unspecified atom stereocenters. The van der Waals surface area contributed by atoms with E-state index in [0.29, 0.717) is 10.5 Å². The molecular formula is C20H24N2O3S. The molecule has 0 saturated carbocycles. The van der Waals surface area contributed by atoms with Crippen LogP contribution in [0.15, 0.2) is 53.4 Å². The van der Waals surface area contributed by atoms with Gasteiger partial charge in [-0.1, -0.05) is 0 Å². The molecule has 3 atom stereocenters. The van der Waals surface area contributed by atoms with Crippen molar-refractivity contribution in [3.8, 4) is 0 Å². The van der Waals surface area contributed by atoms with Crippen LogP contribution in [0.25, 0.3) is 0 Å². The van der Waals surface area contributed by atoms with Gasteiger partial charge in [0.25, 0.3) is 5.91 Å². The average Bonchev–Trinajstić information content (AvgIpc) is 2.61. The zero-order chi connectivity index (χ0) is 18.7. The number of morpholine rings is 1. The van der Waals surface area contributed by atoms with Crippen LogP contribution in [0.4, 0.5) is 11.4 Å². The lowest BCUT2D eigenvalue weighted by Gasteiger charge is -2.36. The predicted octanol–water partition coefficient (Wildman–Crippen LogP) is 3.29. The molecule has 1 aliphatic heterocycles. The molecule has 0 spiro atoms. The highest BCUT2D eigenvalue weighted by molar-refractivity contribution is 7.84. The van der Waals surface area contributed by atoms with E-state index in [9.17, 15) is 9.00 Å². The van der Waals surface area contributed by atoms with Crippen molar-refractivity contribution < 1.29 is 13.7 Å². The molecular weight excluding hydrogens is 348 g/mol. The van der Waals surface area contributed by atoms with Gasteiger partial charge in [-0.05, 0) is 62.4 Å². The lowest BCUT2D eigenvalue weighted by molar-refractivity contribution is -0.00521. The van der Waals surface area contributed by atoms with Crippen LogP contribution in [0, 0.1) is 0 Å². The summed E-state index contributed by atoms with van der Waals surface area (Å²) in [6.45, 7) is 5.88. The highest BCUT2D eigenvalue weighted by Crippen LogP contribution is 2.22. The van der Waals surface area contributed by atoms with E-state index in [2.05, 4.69) is 24.1 Å². The van der Waals surface area contributed by atoms with Gasteiger partial charge in [-0.3, -0.25) is 9.00 Å². The maximum Gasteiger partial charge on any atom is 0.255 e. The van der Waals surface area contributed by atoms with Gasteiger partial charge in [-0.15, -0.1) is 0 Å². The SMILES string of the molecule is CC1CN(c2ccc(NC(=O)c3ccc(S(C)=O)cc3)cc2)CC(C)O1. The highest BCUT2D eigenvalue weighted by Gasteiger charge is 2.22. The Morgan fingerprint density at radius 3 is 2.15 bits per heavy atom.